The summed E-state index contributed by atoms with van der Waals surface area (Å²) < 4.78 is 22.6. The van der Waals surface area contributed by atoms with Crippen LogP contribution in [0.3, 0.4) is 0 Å². The monoisotopic (exact) mass is 453 g/mol. The van der Waals surface area contributed by atoms with Crippen LogP contribution < -0.4 is 5.32 Å². The predicted octanol–water partition coefficient (Wildman–Crippen LogP) is 4.66. The minimum atomic E-state index is -2.14. The maximum atomic E-state index is 12.6. The molecule has 176 valence electrons. The third kappa shape index (κ3) is 9.41. The van der Waals surface area contributed by atoms with Crippen LogP contribution in [-0.4, -0.2) is 51.8 Å². The number of benzene rings is 1. The second-order valence-electron chi connectivity index (χ2n) is 10.1. The summed E-state index contributed by atoms with van der Waals surface area (Å²) in [4.78, 5) is 25.1. The molecule has 0 fully saturated rings. The zero-order valence-corrected chi connectivity index (χ0v) is 21.4. The highest BCUT2D eigenvalue weighted by molar-refractivity contribution is 6.74. The first-order chi connectivity index (χ1) is 14.2. The Balaban J connectivity index is 3.08. The largest absolute Gasteiger partial charge is 0.467 e. The van der Waals surface area contributed by atoms with Gasteiger partial charge in [-0.3, -0.25) is 0 Å². The minimum Gasteiger partial charge on any atom is -0.467 e. The Morgan fingerprint density at radius 3 is 2.10 bits per heavy atom. The van der Waals surface area contributed by atoms with Gasteiger partial charge < -0.3 is 24.0 Å². The molecule has 0 aliphatic rings. The molecular weight excluding hydrogens is 414 g/mol. The van der Waals surface area contributed by atoms with E-state index in [-0.39, 0.29) is 18.3 Å². The average Bonchev–Trinajstić information content (AvgIpc) is 2.64. The lowest BCUT2D eigenvalue weighted by atomic mass is 10.1. The van der Waals surface area contributed by atoms with Gasteiger partial charge in [-0.2, -0.15) is 0 Å². The van der Waals surface area contributed by atoms with E-state index in [2.05, 4.69) is 39.2 Å². The number of rotatable bonds is 9. The Morgan fingerprint density at radius 2 is 1.61 bits per heavy atom. The first kappa shape index (κ1) is 27.1. The van der Waals surface area contributed by atoms with E-state index >= 15 is 0 Å². The van der Waals surface area contributed by atoms with Crippen molar-refractivity contribution in [2.24, 2.45) is 0 Å². The maximum absolute atomic E-state index is 12.6. The van der Waals surface area contributed by atoms with Crippen molar-refractivity contribution in [3.05, 3.63) is 35.9 Å². The summed E-state index contributed by atoms with van der Waals surface area (Å²) in [5.41, 5.74) is 0.221. The average molecular weight is 454 g/mol. The molecule has 0 aromatic heterocycles. The zero-order valence-electron chi connectivity index (χ0n) is 20.4. The van der Waals surface area contributed by atoms with Gasteiger partial charge in [0.1, 0.15) is 5.60 Å². The van der Waals surface area contributed by atoms with Crippen LogP contribution >= 0.6 is 0 Å². The van der Waals surface area contributed by atoms with E-state index in [0.717, 1.165) is 5.56 Å². The van der Waals surface area contributed by atoms with E-state index in [1.807, 2.05) is 30.3 Å². The summed E-state index contributed by atoms with van der Waals surface area (Å²) in [6.45, 7) is 16.2. The number of amides is 1. The number of ether oxygens (including phenoxy) is 3. The zero-order chi connectivity index (χ0) is 23.9. The first-order valence-electron chi connectivity index (χ1n) is 10.5. The fourth-order valence-corrected chi connectivity index (χ4v) is 3.43. The number of hydrogen-bond acceptors (Lipinski definition) is 6. The van der Waals surface area contributed by atoms with Crippen LogP contribution in [0.15, 0.2) is 30.3 Å². The molecular formula is C23H39NO6Si. The van der Waals surface area contributed by atoms with Crippen LogP contribution in [0.1, 0.15) is 47.1 Å². The molecule has 0 radical (unpaired) electrons. The number of esters is 1. The maximum Gasteiger partial charge on any atom is 0.408 e. The molecule has 0 unspecified atom stereocenters. The van der Waals surface area contributed by atoms with Crippen molar-refractivity contribution < 1.29 is 28.2 Å². The standard InChI is InChI=1S/C23H39NO6Si/c1-22(2,3)30-21(26)24-18(16-29-31(8,9)23(4,5)6)19(20(25)27-7)28-15-17-13-11-10-12-14-17/h10-14,18-19H,15-16H2,1-9H3,(H,24,26)/t18-,19+/m1/s1. The molecule has 8 heteroatoms. The molecule has 1 aromatic rings. The number of hydrogen-bond donors (Lipinski definition) is 1. The van der Waals surface area contributed by atoms with Crippen LogP contribution in [0.25, 0.3) is 0 Å². The summed E-state index contributed by atoms with van der Waals surface area (Å²) in [7, 11) is -0.851. The molecule has 0 saturated heterocycles. The third-order valence-corrected chi connectivity index (χ3v) is 9.70. The van der Waals surface area contributed by atoms with E-state index < -0.39 is 38.1 Å². The predicted molar refractivity (Wildman–Crippen MR) is 123 cm³/mol. The van der Waals surface area contributed by atoms with Crippen molar-refractivity contribution in [2.45, 2.75) is 84.0 Å². The minimum absolute atomic E-state index is 0.0326. The van der Waals surface area contributed by atoms with Crippen molar-refractivity contribution in [1.82, 2.24) is 5.32 Å². The fraction of sp³-hybridized carbons (Fsp3) is 0.652. The number of carbonyl (C=O) groups excluding carboxylic acids is 2. The Bertz CT molecular complexity index is 709. The van der Waals surface area contributed by atoms with Crippen molar-refractivity contribution in [2.75, 3.05) is 13.7 Å². The van der Waals surface area contributed by atoms with Crippen molar-refractivity contribution >= 4 is 20.4 Å². The highest BCUT2D eigenvalue weighted by Gasteiger charge is 2.40. The van der Waals surface area contributed by atoms with Crippen molar-refractivity contribution in [3.8, 4) is 0 Å². The van der Waals surface area contributed by atoms with Gasteiger partial charge in [0.15, 0.2) is 14.4 Å². The molecule has 1 amide bonds. The second kappa shape index (κ2) is 11.1. The molecule has 2 atom stereocenters. The van der Waals surface area contributed by atoms with Gasteiger partial charge in [-0.05, 0) is 44.5 Å². The molecule has 0 bridgehead atoms. The summed E-state index contributed by atoms with van der Waals surface area (Å²) in [6, 6.07) is 8.71. The van der Waals surface area contributed by atoms with E-state index in [0.29, 0.717) is 0 Å². The summed E-state index contributed by atoms with van der Waals surface area (Å²) in [6.07, 6.45) is -1.70. The molecule has 31 heavy (non-hydrogen) atoms. The van der Waals surface area contributed by atoms with Gasteiger partial charge in [-0.1, -0.05) is 51.1 Å². The van der Waals surface area contributed by atoms with Gasteiger partial charge in [0.05, 0.1) is 26.4 Å². The lowest BCUT2D eigenvalue weighted by Gasteiger charge is -2.38. The van der Waals surface area contributed by atoms with Crippen LogP contribution in [-0.2, 0) is 30.0 Å². The molecule has 0 heterocycles. The van der Waals surface area contributed by atoms with Crippen LogP contribution in [0.5, 0.6) is 0 Å². The molecule has 0 aliphatic carbocycles. The Labute approximate surface area is 187 Å². The lowest BCUT2D eigenvalue weighted by molar-refractivity contribution is -0.157. The van der Waals surface area contributed by atoms with Gasteiger partial charge in [0.25, 0.3) is 0 Å². The summed E-state index contributed by atoms with van der Waals surface area (Å²) >= 11 is 0. The van der Waals surface area contributed by atoms with E-state index in [1.54, 1.807) is 20.8 Å². The first-order valence-corrected chi connectivity index (χ1v) is 13.4. The second-order valence-corrected chi connectivity index (χ2v) is 14.9. The van der Waals surface area contributed by atoms with Crippen molar-refractivity contribution in [3.63, 3.8) is 0 Å². The lowest BCUT2D eigenvalue weighted by Crippen LogP contribution is -2.54. The molecule has 1 aromatic carbocycles. The molecule has 0 saturated carbocycles. The third-order valence-electron chi connectivity index (χ3n) is 5.20. The highest BCUT2D eigenvalue weighted by atomic mass is 28.4. The molecule has 0 spiro atoms. The molecule has 1 N–H and O–H groups in total. The van der Waals surface area contributed by atoms with Gasteiger partial charge in [-0.15, -0.1) is 0 Å². The highest BCUT2D eigenvalue weighted by Crippen LogP contribution is 2.36. The topological polar surface area (TPSA) is 83.1 Å². The fourth-order valence-electron chi connectivity index (χ4n) is 2.40. The normalized spacial score (nSPS) is 14.5. The summed E-state index contributed by atoms with van der Waals surface area (Å²) in [5, 5.41) is 2.73. The van der Waals surface area contributed by atoms with E-state index in [9.17, 15) is 9.59 Å². The Morgan fingerprint density at radius 1 is 1.03 bits per heavy atom. The Kier molecular flexibility index (Phi) is 9.72. The van der Waals surface area contributed by atoms with Crippen LogP contribution in [0, 0.1) is 0 Å². The van der Waals surface area contributed by atoms with Gasteiger partial charge in [0, 0.05) is 0 Å². The number of methoxy groups -OCH3 is 1. The van der Waals surface area contributed by atoms with E-state index in [4.69, 9.17) is 18.6 Å². The quantitative estimate of drug-likeness (QED) is 0.432. The van der Waals surface area contributed by atoms with Crippen LogP contribution in [0.4, 0.5) is 4.79 Å². The number of carbonyl (C=O) groups is 2. The molecule has 7 nitrogen and oxygen atoms in total. The summed E-state index contributed by atoms with van der Waals surface area (Å²) in [5.74, 6) is -0.587. The number of nitrogens with one attached hydrogen (secondary N) is 1. The van der Waals surface area contributed by atoms with Crippen molar-refractivity contribution in [1.29, 1.82) is 0 Å². The SMILES string of the molecule is COC(=O)[C@@H](OCc1ccccc1)[C@@H](CO[Si](C)(C)C(C)(C)C)NC(=O)OC(C)(C)C. The van der Waals surface area contributed by atoms with Crippen LogP contribution in [0.2, 0.25) is 18.1 Å². The van der Waals surface area contributed by atoms with Gasteiger partial charge in [0.2, 0.25) is 0 Å². The molecule has 1 rings (SSSR count). The number of alkyl carbamates (subject to hydrolysis) is 1. The Hall–Kier alpha value is -1.90. The van der Waals surface area contributed by atoms with Gasteiger partial charge >= 0.3 is 12.1 Å². The molecule has 0 aliphatic heterocycles. The van der Waals surface area contributed by atoms with Gasteiger partial charge in [-0.25, -0.2) is 9.59 Å². The van der Waals surface area contributed by atoms with E-state index in [1.165, 1.54) is 7.11 Å². The smallest absolute Gasteiger partial charge is 0.408 e.